The van der Waals surface area contributed by atoms with E-state index < -0.39 is 0 Å². The second kappa shape index (κ2) is 8.49. The molecule has 0 spiro atoms. The van der Waals surface area contributed by atoms with Crippen molar-refractivity contribution in [2.45, 2.75) is 44.1 Å². The van der Waals surface area contributed by atoms with E-state index in [2.05, 4.69) is 50.6 Å². The Morgan fingerprint density at radius 1 is 1.35 bits per heavy atom. The Bertz CT molecular complexity index is 672. The molecule has 0 bridgehead atoms. The molecule has 0 aliphatic heterocycles. The van der Waals surface area contributed by atoms with Crippen molar-refractivity contribution in [3.63, 3.8) is 0 Å². The minimum Gasteiger partial charge on any atom is -0.370 e. The standard InChI is InChI=1S/C16H21BrN4OS/c1-11(2)9-21-15(8-7-14(18)22)19-20-16(21)23-10-12-5-3-4-6-13(12)17/h3-6,11H,7-10H2,1-2H3,(H2,18,22). The first-order valence-electron chi connectivity index (χ1n) is 7.54. The summed E-state index contributed by atoms with van der Waals surface area (Å²) in [6, 6.07) is 8.15. The lowest BCUT2D eigenvalue weighted by Gasteiger charge is -2.12. The second-order valence-electron chi connectivity index (χ2n) is 5.75. The van der Waals surface area contributed by atoms with Gasteiger partial charge in [-0.2, -0.15) is 0 Å². The highest BCUT2D eigenvalue weighted by Crippen LogP contribution is 2.27. The van der Waals surface area contributed by atoms with Crippen LogP contribution in [0.4, 0.5) is 0 Å². The summed E-state index contributed by atoms with van der Waals surface area (Å²) in [6.45, 7) is 5.14. The highest BCUT2D eigenvalue weighted by molar-refractivity contribution is 9.10. The number of benzene rings is 1. The van der Waals surface area contributed by atoms with Gasteiger partial charge in [-0.15, -0.1) is 10.2 Å². The van der Waals surface area contributed by atoms with Gasteiger partial charge >= 0.3 is 0 Å². The van der Waals surface area contributed by atoms with Crippen molar-refractivity contribution < 1.29 is 4.79 Å². The third-order valence-electron chi connectivity index (χ3n) is 3.25. The fourth-order valence-electron chi connectivity index (χ4n) is 2.15. The van der Waals surface area contributed by atoms with Crippen molar-refractivity contribution >= 4 is 33.6 Å². The number of primary amides is 1. The van der Waals surface area contributed by atoms with Crippen LogP contribution >= 0.6 is 27.7 Å². The maximum absolute atomic E-state index is 11.0. The second-order valence-corrected chi connectivity index (χ2v) is 7.55. The Morgan fingerprint density at radius 2 is 2.09 bits per heavy atom. The summed E-state index contributed by atoms with van der Waals surface area (Å²) in [7, 11) is 0. The Labute approximate surface area is 149 Å². The molecule has 0 aliphatic rings. The maximum atomic E-state index is 11.0. The quantitative estimate of drug-likeness (QED) is 0.693. The van der Waals surface area contributed by atoms with Crippen molar-refractivity contribution in [1.82, 2.24) is 14.8 Å². The third kappa shape index (κ3) is 5.35. The van der Waals surface area contributed by atoms with Crippen molar-refractivity contribution in [3.05, 3.63) is 40.1 Å². The molecule has 124 valence electrons. The predicted molar refractivity (Wildman–Crippen MR) is 96.1 cm³/mol. The van der Waals surface area contributed by atoms with Gasteiger partial charge in [0.2, 0.25) is 5.91 Å². The van der Waals surface area contributed by atoms with Crippen LogP contribution in [-0.2, 0) is 23.5 Å². The molecule has 0 atom stereocenters. The topological polar surface area (TPSA) is 73.8 Å². The van der Waals surface area contributed by atoms with E-state index in [0.29, 0.717) is 18.8 Å². The lowest BCUT2D eigenvalue weighted by molar-refractivity contribution is -0.118. The van der Waals surface area contributed by atoms with Gasteiger partial charge in [0.25, 0.3) is 0 Å². The van der Waals surface area contributed by atoms with Crippen molar-refractivity contribution in [3.8, 4) is 0 Å². The zero-order valence-corrected chi connectivity index (χ0v) is 15.7. The van der Waals surface area contributed by atoms with Gasteiger partial charge in [0.1, 0.15) is 5.82 Å². The van der Waals surface area contributed by atoms with Crippen LogP contribution in [0.5, 0.6) is 0 Å². The molecule has 0 saturated carbocycles. The van der Waals surface area contributed by atoms with Gasteiger partial charge in [-0.3, -0.25) is 4.79 Å². The number of hydrogen-bond donors (Lipinski definition) is 1. The summed E-state index contributed by atoms with van der Waals surface area (Å²) in [5.41, 5.74) is 6.46. The average Bonchev–Trinajstić information content (AvgIpc) is 2.86. The number of nitrogens with zero attached hydrogens (tertiary/aromatic N) is 3. The number of aromatic nitrogens is 3. The Morgan fingerprint density at radius 3 is 2.74 bits per heavy atom. The molecule has 1 aromatic carbocycles. The van der Waals surface area contributed by atoms with E-state index in [1.165, 1.54) is 5.56 Å². The smallest absolute Gasteiger partial charge is 0.217 e. The predicted octanol–water partition coefficient (Wildman–Crippen LogP) is 3.41. The van der Waals surface area contributed by atoms with E-state index in [9.17, 15) is 4.79 Å². The van der Waals surface area contributed by atoms with Gasteiger partial charge in [-0.05, 0) is 17.5 Å². The van der Waals surface area contributed by atoms with Crippen molar-refractivity contribution in [2.24, 2.45) is 11.7 Å². The number of hydrogen-bond acceptors (Lipinski definition) is 4. The van der Waals surface area contributed by atoms with Crippen LogP contribution in [0, 0.1) is 5.92 Å². The summed E-state index contributed by atoms with van der Waals surface area (Å²) < 4.78 is 3.20. The number of halogens is 1. The van der Waals surface area contributed by atoms with Crippen LogP contribution < -0.4 is 5.73 Å². The lowest BCUT2D eigenvalue weighted by atomic mass is 10.2. The molecule has 0 fully saturated rings. The number of carbonyl (C=O) groups is 1. The normalized spacial score (nSPS) is 11.1. The minimum absolute atomic E-state index is 0.297. The summed E-state index contributed by atoms with van der Waals surface area (Å²) in [5.74, 6) is 1.80. The first-order chi connectivity index (χ1) is 11.0. The van der Waals surface area contributed by atoms with Crippen LogP contribution in [-0.4, -0.2) is 20.7 Å². The fraction of sp³-hybridized carbons (Fsp3) is 0.438. The first-order valence-corrected chi connectivity index (χ1v) is 9.31. The lowest BCUT2D eigenvalue weighted by Crippen LogP contribution is -2.15. The van der Waals surface area contributed by atoms with Crippen LogP contribution in [0.1, 0.15) is 31.7 Å². The molecular formula is C16H21BrN4OS. The number of thioether (sulfide) groups is 1. The van der Waals surface area contributed by atoms with Crippen LogP contribution in [0.2, 0.25) is 0 Å². The van der Waals surface area contributed by atoms with E-state index in [4.69, 9.17) is 5.73 Å². The molecule has 7 heteroatoms. The van der Waals surface area contributed by atoms with Gasteiger partial charge in [0, 0.05) is 29.6 Å². The highest BCUT2D eigenvalue weighted by Gasteiger charge is 2.15. The molecule has 1 aromatic heterocycles. The maximum Gasteiger partial charge on any atom is 0.217 e. The number of carbonyl (C=O) groups excluding carboxylic acids is 1. The zero-order valence-electron chi connectivity index (χ0n) is 13.3. The summed E-state index contributed by atoms with van der Waals surface area (Å²) >= 11 is 5.22. The van der Waals surface area contributed by atoms with Crippen LogP contribution in [0.3, 0.4) is 0 Å². The fourth-order valence-corrected chi connectivity index (χ4v) is 3.73. The number of amides is 1. The first kappa shape index (κ1) is 18.0. The van der Waals surface area contributed by atoms with Gasteiger partial charge < -0.3 is 10.3 Å². The molecule has 1 heterocycles. The minimum atomic E-state index is -0.313. The van der Waals surface area contributed by atoms with E-state index >= 15 is 0 Å². The van der Waals surface area contributed by atoms with Crippen molar-refractivity contribution in [2.75, 3.05) is 0 Å². The Balaban J connectivity index is 2.13. The van der Waals surface area contributed by atoms with Crippen LogP contribution in [0.15, 0.2) is 33.9 Å². The van der Waals surface area contributed by atoms with E-state index in [-0.39, 0.29) is 5.91 Å². The third-order valence-corrected chi connectivity index (χ3v) is 5.04. The number of nitrogens with two attached hydrogens (primary N) is 1. The molecular weight excluding hydrogens is 376 g/mol. The summed E-state index contributed by atoms with van der Waals surface area (Å²) in [4.78, 5) is 11.0. The molecule has 23 heavy (non-hydrogen) atoms. The molecule has 0 saturated heterocycles. The van der Waals surface area contributed by atoms with E-state index in [1.54, 1.807) is 11.8 Å². The summed E-state index contributed by atoms with van der Waals surface area (Å²) in [6.07, 6.45) is 0.829. The molecule has 0 radical (unpaired) electrons. The van der Waals surface area contributed by atoms with Crippen molar-refractivity contribution in [1.29, 1.82) is 0 Å². The highest BCUT2D eigenvalue weighted by atomic mass is 79.9. The Kier molecular flexibility index (Phi) is 6.65. The molecule has 1 amide bonds. The number of aryl methyl sites for hydroxylation is 1. The van der Waals surface area contributed by atoms with Gasteiger partial charge in [0.05, 0.1) is 0 Å². The SMILES string of the molecule is CC(C)Cn1c(CCC(N)=O)nnc1SCc1ccccc1Br. The molecule has 2 rings (SSSR count). The zero-order chi connectivity index (χ0) is 16.8. The molecule has 0 unspecified atom stereocenters. The Hall–Kier alpha value is -1.34. The summed E-state index contributed by atoms with van der Waals surface area (Å²) in [5, 5.41) is 9.43. The average molecular weight is 397 g/mol. The van der Waals surface area contributed by atoms with Gasteiger partial charge in [-0.1, -0.05) is 59.7 Å². The molecule has 2 aromatic rings. The largest absolute Gasteiger partial charge is 0.370 e. The van der Waals surface area contributed by atoms with Gasteiger partial charge in [-0.25, -0.2) is 0 Å². The van der Waals surface area contributed by atoms with Crippen LogP contribution in [0.25, 0.3) is 0 Å². The van der Waals surface area contributed by atoms with E-state index in [0.717, 1.165) is 27.8 Å². The number of rotatable bonds is 8. The van der Waals surface area contributed by atoms with E-state index in [1.807, 2.05) is 18.2 Å². The molecule has 2 N–H and O–H groups in total. The molecule has 5 nitrogen and oxygen atoms in total. The van der Waals surface area contributed by atoms with Gasteiger partial charge in [0.15, 0.2) is 5.16 Å². The monoisotopic (exact) mass is 396 g/mol. The molecule has 0 aliphatic carbocycles.